The highest BCUT2D eigenvalue weighted by atomic mass is 16.7. The van der Waals surface area contributed by atoms with E-state index < -0.39 is 6.16 Å². The van der Waals surface area contributed by atoms with Crippen molar-refractivity contribution in [3.63, 3.8) is 0 Å². The summed E-state index contributed by atoms with van der Waals surface area (Å²) in [6.45, 7) is 0. The maximum absolute atomic E-state index is 10.5. The van der Waals surface area contributed by atoms with Crippen molar-refractivity contribution in [2.75, 3.05) is 0 Å². The minimum Gasteiger partial charge on any atom is -0.449 e. The Morgan fingerprint density at radius 1 is 0.944 bits per heavy atom. The van der Waals surface area contributed by atoms with E-state index in [0.717, 1.165) is 11.0 Å². The lowest BCUT2D eigenvalue weighted by Crippen LogP contribution is -2.02. The fourth-order valence-electron chi connectivity index (χ4n) is 1.76. The van der Waals surface area contributed by atoms with E-state index in [1.807, 2.05) is 24.3 Å². The zero-order chi connectivity index (χ0) is 12.5. The molecule has 0 saturated carbocycles. The molecule has 18 heavy (non-hydrogen) atoms. The van der Waals surface area contributed by atoms with Crippen molar-refractivity contribution in [1.29, 1.82) is 0 Å². The molecule has 0 radical (unpaired) electrons. The first-order valence-electron chi connectivity index (χ1n) is 5.30. The normalized spacial score (nSPS) is 10.7. The number of hydrogen-bond donors (Lipinski definition) is 1. The van der Waals surface area contributed by atoms with Crippen LogP contribution >= 0.6 is 0 Å². The first kappa shape index (κ1) is 10.5. The van der Waals surface area contributed by atoms with Crippen LogP contribution in [-0.4, -0.2) is 21.2 Å². The van der Waals surface area contributed by atoms with E-state index in [1.54, 1.807) is 18.2 Å². The third kappa shape index (κ3) is 1.82. The highest BCUT2D eigenvalue weighted by Crippen LogP contribution is 2.20. The van der Waals surface area contributed by atoms with Crippen LogP contribution in [0.15, 0.2) is 42.5 Å². The van der Waals surface area contributed by atoms with E-state index in [1.165, 1.54) is 0 Å². The maximum atomic E-state index is 10.5. The smallest absolute Gasteiger partial charge is 0.449 e. The van der Waals surface area contributed by atoms with E-state index in [9.17, 15) is 4.79 Å². The van der Waals surface area contributed by atoms with Gasteiger partial charge in [-0.3, -0.25) is 0 Å². The molecule has 1 aromatic heterocycles. The van der Waals surface area contributed by atoms with E-state index in [4.69, 9.17) is 5.11 Å². The summed E-state index contributed by atoms with van der Waals surface area (Å²) in [6.07, 6.45) is -1.34. The first-order valence-corrected chi connectivity index (χ1v) is 5.30. The van der Waals surface area contributed by atoms with Crippen LogP contribution in [0.4, 0.5) is 4.79 Å². The minimum atomic E-state index is -1.34. The Bertz CT molecular complexity index is 755. The van der Waals surface area contributed by atoms with Crippen molar-refractivity contribution >= 4 is 28.2 Å². The third-order valence-corrected chi connectivity index (χ3v) is 2.52. The number of carbonyl (C=O) groups is 1. The Morgan fingerprint density at radius 2 is 1.56 bits per heavy atom. The minimum absolute atomic E-state index is 0.236. The van der Waals surface area contributed by atoms with Gasteiger partial charge in [-0.15, -0.1) is 0 Å². The standard InChI is InChI=1S/C13H8N2O3/c16-13(17)18-8-5-6-11-12(7-8)15-10-4-2-1-3-9(10)14-11/h1-7H,(H,16,17). The number of hydrogen-bond acceptors (Lipinski definition) is 4. The number of carboxylic acid groups (broad SMARTS) is 1. The number of ether oxygens (including phenoxy) is 1. The second kappa shape index (κ2) is 3.96. The van der Waals surface area contributed by atoms with E-state index in [0.29, 0.717) is 11.0 Å². The average Bonchev–Trinajstić information content (AvgIpc) is 2.35. The Balaban J connectivity index is 2.20. The van der Waals surface area contributed by atoms with Crippen LogP contribution in [0.3, 0.4) is 0 Å². The van der Waals surface area contributed by atoms with Gasteiger partial charge in [-0.25, -0.2) is 14.8 Å². The molecule has 3 aromatic rings. The summed E-state index contributed by atoms with van der Waals surface area (Å²) in [6, 6.07) is 12.3. The van der Waals surface area contributed by atoms with Gasteiger partial charge >= 0.3 is 6.16 Å². The fraction of sp³-hybridized carbons (Fsp3) is 0. The van der Waals surface area contributed by atoms with Crippen LogP contribution < -0.4 is 4.74 Å². The van der Waals surface area contributed by atoms with E-state index in [-0.39, 0.29) is 5.75 Å². The number of para-hydroxylation sites is 2. The molecule has 0 aliphatic heterocycles. The summed E-state index contributed by atoms with van der Waals surface area (Å²) < 4.78 is 4.58. The molecule has 0 atom stereocenters. The summed E-state index contributed by atoms with van der Waals surface area (Å²) in [5.74, 6) is 0.236. The summed E-state index contributed by atoms with van der Waals surface area (Å²) in [5, 5.41) is 8.55. The molecule has 0 amide bonds. The van der Waals surface area contributed by atoms with Crippen LogP contribution in [0.1, 0.15) is 0 Å². The van der Waals surface area contributed by atoms with Gasteiger partial charge in [0.1, 0.15) is 5.75 Å². The van der Waals surface area contributed by atoms with Crippen LogP contribution in [0.5, 0.6) is 5.75 Å². The molecule has 5 nitrogen and oxygen atoms in total. The maximum Gasteiger partial charge on any atom is 0.511 e. The number of aromatic nitrogens is 2. The average molecular weight is 240 g/mol. The summed E-state index contributed by atoms with van der Waals surface area (Å²) >= 11 is 0. The van der Waals surface area contributed by atoms with Gasteiger partial charge in [-0.05, 0) is 24.3 Å². The van der Waals surface area contributed by atoms with Crippen molar-refractivity contribution in [2.24, 2.45) is 0 Å². The molecule has 0 spiro atoms. The van der Waals surface area contributed by atoms with Gasteiger partial charge in [0.05, 0.1) is 22.1 Å². The van der Waals surface area contributed by atoms with Crippen molar-refractivity contribution in [1.82, 2.24) is 9.97 Å². The number of rotatable bonds is 1. The Morgan fingerprint density at radius 3 is 2.22 bits per heavy atom. The first-order chi connectivity index (χ1) is 8.72. The fourth-order valence-corrected chi connectivity index (χ4v) is 1.76. The highest BCUT2D eigenvalue weighted by Gasteiger charge is 2.05. The lowest BCUT2D eigenvalue weighted by Gasteiger charge is -2.03. The van der Waals surface area contributed by atoms with E-state index >= 15 is 0 Å². The Kier molecular flexibility index (Phi) is 2.30. The molecule has 2 aromatic carbocycles. The number of benzene rings is 2. The monoisotopic (exact) mass is 240 g/mol. The molecule has 88 valence electrons. The van der Waals surface area contributed by atoms with Gasteiger partial charge in [0.25, 0.3) is 0 Å². The van der Waals surface area contributed by atoms with Crippen molar-refractivity contribution in [3.8, 4) is 5.75 Å². The second-order valence-corrected chi connectivity index (χ2v) is 3.73. The van der Waals surface area contributed by atoms with Gasteiger partial charge in [0.15, 0.2) is 0 Å². The van der Waals surface area contributed by atoms with Gasteiger partial charge in [0, 0.05) is 6.07 Å². The Labute approximate surface area is 102 Å². The molecule has 0 aliphatic rings. The van der Waals surface area contributed by atoms with Crippen molar-refractivity contribution in [2.45, 2.75) is 0 Å². The lowest BCUT2D eigenvalue weighted by atomic mass is 10.2. The SMILES string of the molecule is O=C(O)Oc1ccc2nc3ccccc3nc2c1. The molecule has 1 heterocycles. The molecule has 0 unspecified atom stereocenters. The Hall–Kier alpha value is -2.69. The third-order valence-electron chi connectivity index (χ3n) is 2.52. The van der Waals surface area contributed by atoms with Crippen LogP contribution in [0, 0.1) is 0 Å². The molecular formula is C13H8N2O3. The second-order valence-electron chi connectivity index (χ2n) is 3.73. The van der Waals surface area contributed by atoms with Gasteiger partial charge in [-0.1, -0.05) is 12.1 Å². The molecule has 3 rings (SSSR count). The molecule has 0 fully saturated rings. The van der Waals surface area contributed by atoms with Crippen molar-refractivity contribution in [3.05, 3.63) is 42.5 Å². The van der Waals surface area contributed by atoms with Crippen molar-refractivity contribution < 1.29 is 14.6 Å². The highest BCUT2D eigenvalue weighted by molar-refractivity contribution is 5.87. The van der Waals surface area contributed by atoms with E-state index in [2.05, 4.69) is 14.7 Å². The molecule has 0 aliphatic carbocycles. The molecular weight excluding hydrogens is 232 g/mol. The molecule has 0 bridgehead atoms. The quantitative estimate of drug-likeness (QED) is 0.402. The largest absolute Gasteiger partial charge is 0.511 e. The predicted octanol–water partition coefficient (Wildman–Crippen LogP) is 2.84. The zero-order valence-electron chi connectivity index (χ0n) is 9.20. The summed E-state index contributed by atoms with van der Waals surface area (Å²) in [4.78, 5) is 19.3. The number of fused-ring (bicyclic) bond motifs is 2. The van der Waals surface area contributed by atoms with Crippen LogP contribution in [0.25, 0.3) is 22.1 Å². The van der Waals surface area contributed by atoms with Gasteiger partial charge in [0.2, 0.25) is 0 Å². The molecule has 0 saturated heterocycles. The van der Waals surface area contributed by atoms with Gasteiger partial charge < -0.3 is 9.84 Å². The topological polar surface area (TPSA) is 72.3 Å². The summed E-state index contributed by atoms with van der Waals surface area (Å²) in [7, 11) is 0. The number of nitrogens with zero attached hydrogens (tertiary/aromatic N) is 2. The van der Waals surface area contributed by atoms with Crippen LogP contribution in [0.2, 0.25) is 0 Å². The van der Waals surface area contributed by atoms with Gasteiger partial charge in [-0.2, -0.15) is 0 Å². The molecule has 5 heteroatoms. The zero-order valence-corrected chi connectivity index (χ0v) is 9.20. The predicted molar refractivity (Wildman–Crippen MR) is 65.7 cm³/mol. The lowest BCUT2D eigenvalue weighted by molar-refractivity contribution is 0.144. The van der Waals surface area contributed by atoms with Crippen LogP contribution in [-0.2, 0) is 0 Å². The summed E-state index contributed by atoms with van der Waals surface area (Å²) in [5.41, 5.74) is 2.87. The molecule has 1 N–H and O–H groups in total.